The summed E-state index contributed by atoms with van der Waals surface area (Å²) in [7, 11) is 0. The number of aryl methyl sites for hydroxylation is 2. The predicted molar refractivity (Wildman–Crippen MR) is 133 cm³/mol. The first kappa shape index (κ1) is 23.8. The molecule has 2 aliphatic rings. The zero-order chi connectivity index (χ0) is 24.0. The molecule has 0 aromatic heterocycles. The molecule has 4 rings (SSSR count). The normalized spacial score (nSPS) is 19.2. The average Bonchev–Trinajstić information content (AvgIpc) is 2.70. The lowest BCUT2D eigenvalue weighted by molar-refractivity contribution is -0.166. The van der Waals surface area contributed by atoms with Gasteiger partial charge in [0.05, 0.1) is 13.2 Å². The lowest BCUT2D eigenvalue weighted by Crippen LogP contribution is -2.55. The minimum atomic E-state index is -0.705. The molecule has 0 saturated heterocycles. The van der Waals surface area contributed by atoms with E-state index in [0.29, 0.717) is 0 Å². The third-order valence-electron chi connectivity index (χ3n) is 6.95. The molecule has 0 N–H and O–H groups in total. The monoisotopic (exact) mass is 452 g/mol. The summed E-state index contributed by atoms with van der Waals surface area (Å²) in [6, 6.07) is 8.61. The molecular weight excluding hydrogens is 412 g/mol. The highest BCUT2D eigenvalue weighted by molar-refractivity contribution is 5.53. The smallest absolute Gasteiger partial charge is 0.252 e. The number of ether oxygens (including phenoxy) is 4. The van der Waals surface area contributed by atoms with Crippen LogP contribution in [0.5, 0.6) is 23.0 Å². The maximum absolute atomic E-state index is 6.75. The van der Waals surface area contributed by atoms with E-state index in [2.05, 4.69) is 79.7 Å². The van der Waals surface area contributed by atoms with Crippen molar-refractivity contribution in [3.63, 3.8) is 0 Å². The van der Waals surface area contributed by atoms with Crippen molar-refractivity contribution in [2.75, 3.05) is 13.2 Å². The molecule has 0 radical (unpaired) electrons. The molecule has 0 atom stereocenters. The molecular formula is C29H40O4. The number of hydrogen-bond donors (Lipinski definition) is 0. The van der Waals surface area contributed by atoms with Gasteiger partial charge in [-0.3, -0.25) is 0 Å². The summed E-state index contributed by atoms with van der Waals surface area (Å²) in [6.45, 7) is 19.0. The van der Waals surface area contributed by atoms with Crippen LogP contribution in [0.2, 0.25) is 0 Å². The maximum Gasteiger partial charge on any atom is 0.252 e. The quantitative estimate of drug-likeness (QED) is 0.458. The fourth-order valence-corrected chi connectivity index (χ4v) is 5.45. The Morgan fingerprint density at radius 1 is 0.697 bits per heavy atom. The van der Waals surface area contributed by atoms with E-state index >= 15 is 0 Å². The molecule has 2 heterocycles. The molecule has 0 unspecified atom stereocenters. The second-order valence-electron chi connectivity index (χ2n) is 11.2. The highest BCUT2D eigenvalue weighted by Crippen LogP contribution is 2.55. The third-order valence-corrected chi connectivity index (χ3v) is 6.95. The molecule has 0 aliphatic carbocycles. The second kappa shape index (κ2) is 8.45. The predicted octanol–water partition coefficient (Wildman–Crippen LogP) is 7.40. The van der Waals surface area contributed by atoms with Gasteiger partial charge in [0.2, 0.25) is 0 Å². The highest BCUT2D eigenvalue weighted by atomic mass is 16.7. The number of rotatable bonds is 6. The molecule has 2 aromatic rings. The third kappa shape index (κ3) is 4.41. The van der Waals surface area contributed by atoms with Crippen LogP contribution in [0.3, 0.4) is 0 Å². The summed E-state index contributed by atoms with van der Waals surface area (Å²) in [4.78, 5) is 0. The van der Waals surface area contributed by atoms with Crippen LogP contribution < -0.4 is 18.9 Å². The van der Waals surface area contributed by atoms with Crippen LogP contribution in [0.1, 0.15) is 89.5 Å². The highest BCUT2D eigenvalue weighted by Gasteiger charge is 2.53. The van der Waals surface area contributed by atoms with Gasteiger partial charge in [-0.05, 0) is 62.1 Å². The van der Waals surface area contributed by atoms with Gasteiger partial charge in [-0.15, -0.1) is 0 Å². The largest absolute Gasteiger partial charge is 0.493 e. The Labute approximate surface area is 199 Å². The van der Waals surface area contributed by atoms with Gasteiger partial charge in [-0.1, -0.05) is 41.5 Å². The Bertz CT molecular complexity index is 951. The first-order valence-corrected chi connectivity index (χ1v) is 12.4. The van der Waals surface area contributed by atoms with Gasteiger partial charge < -0.3 is 18.9 Å². The summed E-state index contributed by atoms with van der Waals surface area (Å²) in [5.74, 6) is 3.02. The van der Waals surface area contributed by atoms with Crippen LogP contribution in [-0.2, 0) is 10.8 Å². The van der Waals surface area contributed by atoms with Crippen LogP contribution >= 0.6 is 0 Å². The standard InChI is InChI=1S/C29H40O4/c1-9-11-30-23-15-21-25(13-19(23)3)32-29(17-27(21,5)6)18-28(7,8)22-16-24(31-12-10-2)20(4)14-26(22)33-29/h13-16H,9-12,17-18H2,1-8H3. The van der Waals surface area contributed by atoms with Crippen molar-refractivity contribution in [3.05, 3.63) is 46.5 Å². The first-order chi connectivity index (χ1) is 15.5. The Balaban J connectivity index is 1.73. The van der Waals surface area contributed by atoms with Crippen molar-refractivity contribution >= 4 is 0 Å². The average molecular weight is 453 g/mol. The van der Waals surface area contributed by atoms with E-state index in [1.807, 2.05) is 0 Å². The fourth-order valence-electron chi connectivity index (χ4n) is 5.45. The van der Waals surface area contributed by atoms with Crippen LogP contribution in [0, 0.1) is 13.8 Å². The Kier molecular flexibility index (Phi) is 6.09. The van der Waals surface area contributed by atoms with Gasteiger partial charge in [0.15, 0.2) is 0 Å². The molecule has 2 aliphatic heterocycles. The lowest BCUT2D eigenvalue weighted by atomic mass is 9.69. The van der Waals surface area contributed by atoms with Gasteiger partial charge >= 0.3 is 0 Å². The Morgan fingerprint density at radius 3 is 1.45 bits per heavy atom. The van der Waals surface area contributed by atoms with E-state index in [1.165, 1.54) is 11.1 Å². The molecule has 180 valence electrons. The van der Waals surface area contributed by atoms with Gasteiger partial charge in [-0.25, -0.2) is 0 Å². The Morgan fingerprint density at radius 2 is 1.09 bits per heavy atom. The zero-order valence-electron chi connectivity index (χ0n) is 21.7. The molecule has 4 heteroatoms. The maximum atomic E-state index is 6.75. The molecule has 1 spiro atoms. The minimum Gasteiger partial charge on any atom is -0.493 e. The minimum absolute atomic E-state index is 0.113. The molecule has 33 heavy (non-hydrogen) atoms. The van der Waals surface area contributed by atoms with Gasteiger partial charge in [0, 0.05) is 34.8 Å². The molecule has 0 saturated carbocycles. The lowest BCUT2D eigenvalue weighted by Gasteiger charge is -2.51. The Hall–Kier alpha value is -2.36. The van der Waals surface area contributed by atoms with Crippen molar-refractivity contribution in [2.24, 2.45) is 0 Å². The molecule has 0 amide bonds. The summed E-state index contributed by atoms with van der Waals surface area (Å²) < 4.78 is 25.5. The molecule has 0 bridgehead atoms. The van der Waals surface area contributed by atoms with Gasteiger partial charge in [0.1, 0.15) is 23.0 Å². The van der Waals surface area contributed by atoms with Crippen LogP contribution in [0.4, 0.5) is 0 Å². The van der Waals surface area contributed by atoms with Crippen molar-refractivity contribution in [2.45, 2.75) is 97.7 Å². The second-order valence-corrected chi connectivity index (χ2v) is 11.2. The first-order valence-electron chi connectivity index (χ1n) is 12.4. The van der Waals surface area contributed by atoms with E-state index in [1.54, 1.807) is 0 Å². The van der Waals surface area contributed by atoms with E-state index in [4.69, 9.17) is 18.9 Å². The van der Waals surface area contributed by atoms with Crippen molar-refractivity contribution in [1.29, 1.82) is 0 Å². The van der Waals surface area contributed by atoms with Crippen LogP contribution in [0.15, 0.2) is 24.3 Å². The van der Waals surface area contributed by atoms with E-state index in [-0.39, 0.29) is 10.8 Å². The van der Waals surface area contributed by atoms with Crippen molar-refractivity contribution in [1.82, 2.24) is 0 Å². The van der Waals surface area contributed by atoms with Crippen LogP contribution in [0.25, 0.3) is 0 Å². The van der Waals surface area contributed by atoms with Crippen molar-refractivity contribution < 1.29 is 18.9 Å². The molecule has 0 fully saturated rings. The summed E-state index contributed by atoms with van der Waals surface area (Å²) in [6.07, 6.45) is 3.54. The summed E-state index contributed by atoms with van der Waals surface area (Å²) in [5.41, 5.74) is 4.35. The molecule has 2 aromatic carbocycles. The van der Waals surface area contributed by atoms with Gasteiger partial charge in [0.25, 0.3) is 5.79 Å². The molecule has 4 nitrogen and oxygen atoms in total. The van der Waals surface area contributed by atoms with Crippen molar-refractivity contribution in [3.8, 4) is 23.0 Å². The summed E-state index contributed by atoms with van der Waals surface area (Å²) >= 11 is 0. The SMILES string of the molecule is CCCOc1cc2c(cc1C)OC1(CC2(C)C)CC(C)(C)c2cc(OCCC)c(C)cc2O1. The van der Waals surface area contributed by atoms with E-state index in [0.717, 1.165) is 73.0 Å². The zero-order valence-corrected chi connectivity index (χ0v) is 21.7. The number of fused-ring (bicyclic) bond motifs is 2. The van der Waals surface area contributed by atoms with E-state index < -0.39 is 5.79 Å². The number of benzene rings is 2. The fraction of sp³-hybridized carbons (Fsp3) is 0.586. The summed E-state index contributed by atoms with van der Waals surface area (Å²) in [5, 5.41) is 0. The number of hydrogen-bond acceptors (Lipinski definition) is 4. The van der Waals surface area contributed by atoms with Crippen LogP contribution in [-0.4, -0.2) is 19.0 Å². The van der Waals surface area contributed by atoms with E-state index in [9.17, 15) is 0 Å². The van der Waals surface area contributed by atoms with Gasteiger partial charge in [-0.2, -0.15) is 0 Å². The topological polar surface area (TPSA) is 36.9 Å².